The lowest BCUT2D eigenvalue weighted by Crippen LogP contribution is -2.49. The predicted molar refractivity (Wildman–Crippen MR) is 118 cm³/mol. The van der Waals surface area contributed by atoms with Crippen molar-refractivity contribution in [3.05, 3.63) is 42.5 Å². The van der Waals surface area contributed by atoms with E-state index in [-0.39, 0.29) is 12.5 Å². The highest BCUT2D eigenvalue weighted by atomic mass is 16.3. The van der Waals surface area contributed by atoms with Gasteiger partial charge >= 0.3 is 6.03 Å². The molecular formula is C24H25N3O4. The summed E-state index contributed by atoms with van der Waals surface area (Å²) in [7, 11) is 0. The van der Waals surface area contributed by atoms with Crippen LogP contribution in [-0.2, 0) is 9.59 Å². The molecule has 4 amide bonds. The summed E-state index contributed by atoms with van der Waals surface area (Å²) in [5, 5.41) is 7.54. The highest BCUT2D eigenvalue weighted by molar-refractivity contribution is 6.11. The summed E-state index contributed by atoms with van der Waals surface area (Å²) in [5.74, 6) is -0.0879. The molecule has 1 saturated carbocycles. The molecule has 0 atom stereocenters. The molecule has 1 spiro atoms. The van der Waals surface area contributed by atoms with Crippen molar-refractivity contribution in [2.75, 3.05) is 11.9 Å². The van der Waals surface area contributed by atoms with Crippen molar-refractivity contribution in [1.29, 1.82) is 0 Å². The number of nitrogens with one attached hydrogen (secondary N) is 2. The van der Waals surface area contributed by atoms with Gasteiger partial charge in [0.05, 0.1) is 0 Å². The fourth-order valence-corrected chi connectivity index (χ4v) is 4.89. The molecule has 1 aliphatic carbocycles. The minimum atomic E-state index is -0.836. The summed E-state index contributed by atoms with van der Waals surface area (Å²) in [5.41, 5.74) is 1.27. The second-order valence-electron chi connectivity index (χ2n) is 8.61. The van der Waals surface area contributed by atoms with E-state index >= 15 is 0 Å². The van der Waals surface area contributed by atoms with Crippen LogP contribution in [0.3, 0.4) is 0 Å². The van der Waals surface area contributed by atoms with Crippen molar-refractivity contribution in [3.8, 4) is 0 Å². The van der Waals surface area contributed by atoms with E-state index in [9.17, 15) is 14.4 Å². The van der Waals surface area contributed by atoms with Crippen LogP contribution in [0, 0.1) is 5.92 Å². The SMILES string of the molecule is CCC1CCC2(CC1)NC(=O)N(CC(=O)Nc1ccc3oc4ccccc4c3c1)C2=O. The van der Waals surface area contributed by atoms with Gasteiger partial charge in [-0.15, -0.1) is 0 Å². The maximum atomic E-state index is 13.0. The van der Waals surface area contributed by atoms with E-state index in [0.717, 1.165) is 46.1 Å². The summed E-state index contributed by atoms with van der Waals surface area (Å²) in [6.07, 6.45) is 4.19. The number of carbonyl (C=O) groups excluding carboxylic acids is 3. The minimum Gasteiger partial charge on any atom is -0.456 e. The number of rotatable bonds is 4. The summed E-state index contributed by atoms with van der Waals surface area (Å²) < 4.78 is 5.81. The molecule has 160 valence electrons. The second-order valence-corrected chi connectivity index (χ2v) is 8.61. The summed E-state index contributed by atoms with van der Waals surface area (Å²) in [6, 6.07) is 12.6. The van der Waals surface area contributed by atoms with E-state index in [1.807, 2.05) is 30.3 Å². The third-order valence-electron chi connectivity index (χ3n) is 6.74. The van der Waals surface area contributed by atoms with E-state index < -0.39 is 17.5 Å². The van der Waals surface area contributed by atoms with Gasteiger partial charge in [-0.2, -0.15) is 0 Å². The molecule has 3 aromatic rings. The van der Waals surface area contributed by atoms with Crippen LogP contribution in [0.1, 0.15) is 39.0 Å². The lowest BCUT2D eigenvalue weighted by molar-refractivity contribution is -0.135. The molecule has 7 nitrogen and oxygen atoms in total. The number of fused-ring (bicyclic) bond motifs is 3. The Morgan fingerprint density at radius 3 is 2.65 bits per heavy atom. The first-order chi connectivity index (χ1) is 15.0. The van der Waals surface area contributed by atoms with Crippen molar-refractivity contribution < 1.29 is 18.8 Å². The number of urea groups is 1. The fourth-order valence-electron chi connectivity index (χ4n) is 4.89. The van der Waals surface area contributed by atoms with Gasteiger partial charge in [-0.05, 0) is 55.9 Å². The molecule has 2 aliphatic rings. The van der Waals surface area contributed by atoms with Crippen LogP contribution in [0.25, 0.3) is 21.9 Å². The highest BCUT2D eigenvalue weighted by Crippen LogP contribution is 2.37. The molecule has 2 N–H and O–H groups in total. The third kappa shape index (κ3) is 3.34. The maximum Gasteiger partial charge on any atom is 0.325 e. The van der Waals surface area contributed by atoms with Gasteiger partial charge in [0.2, 0.25) is 5.91 Å². The average Bonchev–Trinajstić information content (AvgIpc) is 3.25. The van der Waals surface area contributed by atoms with E-state index in [1.165, 1.54) is 0 Å². The van der Waals surface area contributed by atoms with Gasteiger partial charge in [-0.25, -0.2) is 4.79 Å². The number of furan rings is 1. The Balaban J connectivity index is 1.30. The van der Waals surface area contributed by atoms with Crippen LogP contribution >= 0.6 is 0 Å². The normalized spacial score (nSPS) is 23.6. The van der Waals surface area contributed by atoms with Gasteiger partial charge in [-0.3, -0.25) is 14.5 Å². The van der Waals surface area contributed by atoms with Crippen molar-refractivity contribution in [3.63, 3.8) is 0 Å². The molecule has 2 fully saturated rings. The lowest BCUT2D eigenvalue weighted by atomic mass is 9.75. The first-order valence-electron chi connectivity index (χ1n) is 10.8. The van der Waals surface area contributed by atoms with Gasteiger partial charge in [0.1, 0.15) is 23.2 Å². The highest BCUT2D eigenvalue weighted by Gasteiger charge is 2.52. The van der Waals surface area contributed by atoms with Crippen LogP contribution < -0.4 is 10.6 Å². The topological polar surface area (TPSA) is 91.7 Å². The van der Waals surface area contributed by atoms with Gasteiger partial charge in [0, 0.05) is 16.5 Å². The molecule has 1 aliphatic heterocycles. The zero-order valence-corrected chi connectivity index (χ0v) is 17.4. The number of anilines is 1. The Morgan fingerprint density at radius 1 is 1.13 bits per heavy atom. The van der Waals surface area contributed by atoms with Crippen LogP contribution in [0.2, 0.25) is 0 Å². The molecule has 0 unspecified atom stereocenters. The first kappa shape index (κ1) is 19.6. The first-order valence-corrected chi connectivity index (χ1v) is 10.8. The van der Waals surface area contributed by atoms with Crippen molar-refractivity contribution >= 4 is 45.5 Å². The molecule has 0 bridgehead atoms. The zero-order chi connectivity index (χ0) is 21.6. The predicted octanol–water partition coefficient (Wildman–Crippen LogP) is 4.42. The van der Waals surface area contributed by atoms with E-state index in [1.54, 1.807) is 12.1 Å². The Morgan fingerprint density at radius 2 is 1.87 bits per heavy atom. The number of para-hydroxylation sites is 1. The van der Waals surface area contributed by atoms with Crippen molar-refractivity contribution in [2.45, 2.75) is 44.6 Å². The number of amides is 4. The Labute approximate surface area is 179 Å². The van der Waals surface area contributed by atoms with Gasteiger partial charge in [0.25, 0.3) is 5.91 Å². The largest absolute Gasteiger partial charge is 0.456 e. The molecule has 0 radical (unpaired) electrons. The average molecular weight is 419 g/mol. The van der Waals surface area contributed by atoms with Crippen LogP contribution in [0.5, 0.6) is 0 Å². The van der Waals surface area contributed by atoms with Crippen LogP contribution in [0.15, 0.2) is 46.9 Å². The third-order valence-corrected chi connectivity index (χ3v) is 6.74. The molecule has 1 aromatic heterocycles. The van der Waals surface area contributed by atoms with E-state index in [0.29, 0.717) is 24.4 Å². The summed E-state index contributed by atoms with van der Waals surface area (Å²) in [4.78, 5) is 39.2. The molecule has 2 heterocycles. The minimum absolute atomic E-state index is 0.279. The number of nitrogens with zero attached hydrogens (tertiary/aromatic N) is 1. The number of hydrogen-bond acceptors (Lipinski definition) is 4. The van der Waals surface area contributed by atoms with Crippen LogP contribution in [0.4, 0.5) is 10.5 Å². The van der Waals surface area contributed by atoms with Gasteiger partial charge < -0.3 is 15.1 Å². The number of hydrogen-bond donors (Lipinski definition) is 2. The smallest absolute Gasteiger partial charge is 0.325 e. The maximum absolute atomic E-state index is 13.0. The Hall–Kier alpha value is -3.35. The molecular weight excluding hydrogens is 394 g/mol. The number of imide groups is 1. The van der Waals surface area contributed by atoms with Crippen molar-refractivity contribution in [1.82, 2.24) is 10.2 Å². The summed E-state index contributed by atoms with van der Waals surface area (Å²) >= 11 is 0. The van der Waals surface area contributed by atoms with Gasteiger partial charge in [0.15, 0.2) is 0 Å². The summed E-state index contributed by atoms with van der Waals surface area (Å²) in [6.45, 7) is 1.85. The fraction of sp³-hybridized carbons (Fsp3) is 0.375. The molecule has 5 rings (SSSR count). The lowest BCUT2D eigenvalue weighted by Gasteiger charge is -2.34. The molecule has 2 aromatic carbocycles. The monoisotopic (exact) mass is 419 g/mol. The van der Waals surface area contributed by atoms with E-state index in [2.05, 4.69) is 17.6 Å². The molecule has 1 saturated heterocycles. The zero-order valence-electron chi connectivity index (χ0n) is 17.4. The Kier molecular flexibility index (Phi) is 4.68. The molecule has 31 heavy (non-hydrogen) atoms. The van der Waals surface area contributed by atoms with Crippen LogP contribution in [-0.4, -0.2) is 34.8 Å². The number of benzene rings is 2. The van der Waals surface area contributed by atoms with Gasteiger partial charge in [-0.1, -0.05) is 31.5 Å². The quantitative estimate of drug-likeness (QED) is 0.613. The Bertz CT molecular complexity index is 1190. The van der Waals surface area contributed by atoms with E-state index in [4.69, 9.17) is 4.42 Å². The second kappa shape index (κ2) is 7.41. The molecule has 7 heteroatoms. The number of carbonyl (C=O) groups is 3. The standard InChI is InChI=1S/C24H25N3O4/c1-2-15-9-11-24(12-10-15)22(29)27(23(30)26-24)14-21(28)25-16-7-8-20-18(13-16)17-5-3-4-6-19(17)31-20/h3-8,13,15H,2,9-12,14H2,1H3,(H,25,28)(H,26,30). The van der Waals surface area contributed by atoms with Crippen molar-refractivity contribution in [2.24, 2.45) is 5.92 Å².